The van der Waals surface area contributed by atoms with E-state index in [1.807, 2.05) is 30.3 Å². The number of nitrogens with zero attached hydrogens (tertiary/aromatic N) is 3. The maximum absolute atomic E-state index is 9.27. The average molecular weight is 237 g/mol. The van der Waals surface area contributed by atoms with E-state index in [9.17, 15) is 5.26 Å². The number of para-hydroxylation sites is 1. The lowest BCUT2D eigenvalue weighted by Crippen LogP contribution is -2.26. The summed E-state index contributed by atoms with van der Waals surface area (Å²) < 4.78 is 0. The van der Waals surface area contributed by atoms with E-state index in [1.54, 1.807) is 0 Å². The molecule has 18 heavy (non-hydrogen) atoms. The minimum Gasteiger partial charge on any atom is -0.354 e. The highest BCUT2D eigenvalue weighted by atomic mass is 15.2. The van der Waals surface area contributed by atoms with E-state index in [0.717, 1.165) is 28.8 Å². The van der Waals surface area contributed by atoms with Crippen LogP contribution in [0, 0.1) is 11.3 Å². The van der Waals surface area contributed by atoms with Crippen molar-refractivity contribution in [3.63, 3.8) is 0 Å². The normalized spacial score (nSPS) is 14.4. The van der Waals surface area contributed by atoms with E-state index in [0.29, 0.717) is 6.04 Å². The topological polar surface area (TPSA) is 39.9 Å². The molecule has 0 aliphatic heterocycles. The van der Waals surface area contributed by atoms with Crippen molar-refractivity contribution in [1.29, 1.82) is 5.26 Å². The summed E-state index contributed by atoms with van der Waals surface area (Å²) in [7, 11) is 0. The number of hydrogen-bond donors (Lipinski definition) is 0. The third-order valence-electron chi connectivity index (χ3n) is 3.45. The maximum Gasteiger partial charge on any atom is 0.130 e. The monoisotopic (exact) mass is 237 g/mol. The number of fused-ring (bicyclic) bond motifs is 1. The van der Waals surface area contributed by atoms with Gasteiger partial charge in [0.15, 0.2) is 0 Å². The van der Waals surface area contributed by atoms with E-state index in [-0.39, 0.29) is 0 Å². The molecule has 3 nitrogen and oxygen atoms in total. The van der Waals surface area contributed by atoms with Crippen molar-refractivity contribution in [1.82, 2.24) is 4.98 Å². The molecule has 1 aliphatic carbocycles. The summed E-state index contributed by atoms with van der Waals surface area (Å²) in [5.41, 5.74) is 1.63. The van der Waals surface area contributed by atoms with Crippen molar-refractivity contribution in [3.05, 3.63) is 35.9 Å². The second-order valence-electron chi connectivity index (χ2n) is 4.67. The first-order valence-electron chi connectivity index (χ1n) is 6.40. The fraction of sp³-hybridized carbons (Fsp3) is 0.333. The van der Waals surface area contributed by atoms with Gasteiger partial charge in [0.05, 0.1) is 17.1 Å². The summed E-state index contributed by atoms with van der Waals surface area (Å²) >= 11 is 0. The Morgan fingerprint density at radius 2 is 2.17 bits per heavy atom. The lowest BCUT2D eigenvalue weighted by Gasteiger charge is -2.22. The van der Waals surface area contributed by atoms with E-state index < -0.39 is 0 Å². The van der Waals surface area contributed by atoms with Crippen LogP contribution in [-0.2, 0) is 0 Å². The highest BCUT2D eigenvalue weighted by Crippen LogP contribution is 2.32. The van der Waals surface area contributed by atoms with Crippen molar-refractivity contribution in [2.75, 3.05) is 11.4 Å². The molecule has 0 unspecified atom stereocenters. The van der Waals surface area contributed by atoms with Gasteiger partial charge in [-0.3, -0.25) is 0 Å². The number of aromatic nitrogens is 1. The van der Waals surface area contributed by atoms with E-state index in [1.165, 1.54) is 12.8 Å². The van der Waals surface area contributed by atoms with Crippen LogP contribution in [0.2, 0.25) is 0 Å². The highest BCUT2D eigenvalue weighted by molar-refractivity contribution is 5.86. The Hall–Kier alpha value is -2.08. The first-order chi connectivity index (χ1) is 8.83. The molecule has 90 valence electrons. The van der Waals surface area contributed by atoms with Crippen LogP contribution < -0.4 is 4.90 Å². The minimum absolute atomic E-state index is 0.621. The van der Waals surface area contributed by atoms with Crippen molar-refractivity contribution in [2.24, 2.45) is 0 Å². The van der Waals surface area contributed by atoms with Gasteiger partial charge in [-0.05, 0) is 31.9 Å². The summed E-state index contributed by atoms with van der Waals surface area (Å²) in [5.74, 6) is 0.940. The Bertz CT molecular complexity index is 623. The second-order valence-corrected chi connectivity index (χ2v) is 4.67. The standard InChI is InChI=1S/C15H15N3/c1-2-18(12-7-8-12)15-9-11(10-16)13-5-3-4-6-14(13)17-15/h3-6,9,12H,2,7-8H2,1H3. The van der Waals surface area contributed by atoms with Crippen LogP contribution >= 0.6 is 0 Å². The number of pyridine rings is 1. The van der Waals surface area contributed by atoms with Crippen LogP contribution in [0.15, 0.2) is 30.3 Å². The van der Waals surface area contributed by atoms with Gasteiger partial charge in [-0.25, -0.2) is 4.98 Å². The molecule has 0 bridgehead atoms. The quantitative estimate of drug-likeness (QED) is 0.823. The summed E-state index contributed by atoms with van der Waals surface area (Å²) in [6.07, 6.45) is 2.48. The predicted octanol–water partition coefficient (Wildman–Crippen LogP) is 3.10. The molecule has 3 heteroatoms. The Balaban J connectivity index is 2.16. The average Bonchev–Trinajstić information content (AvgIpc) is 3.23. The van der Waals surface area contributed by atoms with Crippen molar-refractivity contribution in [2.45, 2.75) is 25.8 Å². The molecule has 1 fully saturated rings. The zero-order valence-electron chi connectivity index (χ0n) is 10.4. The molecule has 0 saturated heterocycles. The number of rotatable bonds is 3. The Labute approximate surface area is 107 Å². The van der Waals surface area contributed by atoms with Gasteiger partial charge in [0.2, 0.25) is 0 Å². The molecule has 0 spiro atoms. The molecule has 3 rings (SSSR count). The van der Waals surface area contributed by atoms with Gasteiger partial charge in [-0.15, -0.1) is 0 Å². The second kappa shape index (κ2) is 4.30. The lowest BCUT2D eigenvalue weighted by atomic mass is 10.1. The largest absolute Gasteiger partial charge is 0.354 e. The van der Waals surface area contributed by atoms with E-state index in [4.69, 9.17) is 4.98 Å². The van der Waals surface area contributed by atoms with Crippen LogP contribution in [0.5, 0.6) is 0 Å². The third kappa shape index (κ3) is 1.80. The summed E-state index contributed by atoms with van der Waals surface area (Å²) in [4.78, 5) is 6.99. The van der Waals surface area contributed by atoms with Gasteiger partial charge in [0.1, 0.15) is 5.82 Å². The van der Waals surface area contributed by atoms with Crippen LogP contribution in [-0.4, -0.2) is 17.6 Å². The molecule has 1 saturated carbocycles. The van der Waals surface area contributed by atoms with Crippen LogP contribution in [0.4, 0.5) is 5.82 Å². The molecule has 0 atom stereocenters. The van der Waals surface area contributed by atoms with Gasteiger partial charge in [0.25, 0.3) is 0 Å². The molecule has 1 aromatic heterocycles. The molecule has 1 heterocycles. The number of anilines is 1. The smallest absolute Gasteiger partial charge is 0.130 e. The Kier molecular flexibility index (Phi) is 2.64. The molecule has 0 amide bonds. The summed E-state index contributed by atoms with van der Waals surface area (Å²) in [6, 6.07) is 12.7. The number of nitriles is 1. The molecular formula is C15H15N3. The summed E-state index contributed by atoms with van der Waals surface area (Å²) in [6.45, 7) is 3.09. The van der Waals surface area contributed by atoms with Crippen molar-refractivity contribution in [3.8, 4) is 6.07 Å². The van der Waals surface area contributed by atoms with Crippen molar-refractivity contribution >= 4 is 16.7 Å². The predicted molar refractivity (Wildman–Crippen MR) is 72.5 cm³/mol. The first kappa shape index (κ1) is 11.0. The molecule has 2 aromatic rings. The van der Waals surface area contributed by atoms with Gasteiger partial charge in [-0.2, -0.15) is 5.26 Å². The zero-order chi connectivity index (χ0) is 12.5. The Morgan fingerprint density at radius 1 is 1.39 bits per heavy atom. The van der Waals surface area contributed by atoms with Gasteiger partial charge in [0, 0.05) is 18.0 Å². The molecule has 0 radical (unpaired) electrons. The molecule has 1 aliphatic rings. The van der Waals surface area contributed by atoms with Crippen LogP contribution in [0.1, 0.15) is 25.3 Å². The minimum atomic E-state index is 0.621. The van der Waals surface area contributed by atoms with Gasteiger partial charge < -0.3 is 4.90 Å². The SMILES string of the molecule is CCN(c1cc(C#N)c2ccccc2n1)C1CC1. The van der Waals surface area contributed by atoms with Gasteiger partial charge in [-0.1, -0.05) is 18.2 Å². The summed E-state index contributed by atoms with van der Waals surface area (Å²) in [5, 5.41) is 10.2. The first-order valence-corrected chi connectivity index (χ1v) is 6.40. The molecule has 0 N–H and O–H groups in total. The number of hydrogen-bond acceptors (Lipinski definition) is 3. The Morgan fingerprint density at radius 3 is 2.83 bits per heavy atom. The van der Waals surface area contributed by atoms with Crippen LogP contribution in [0.3, 0.4) is 0 Å². The van der Waals surface area contributed by atoms with Crippen molar-refractivity contribution < 1.29 is 0 Å². The molecular weight excluding hydrogens is 222 g/mol. The highest BCUT2D eigenvalue weighted by Gasteiger charge is 2.29. The van der Waals surface area contributed by atoms with E-state index in [2.05, 4.69) is 17.9 Å². The van der Waals surface area contributed by atoms with Crippen LogP contribution in [0.25, 0.3) is 10.9 Å². The fourth-order valence-corrected chi connectivity index (χ4v) is 2.39. The van der Waals surface area contributed by atoms with Gasteiger partial charge >= 0.3 is 0 Å². The third-order valence-corrected chi connectivity index (χ3v) is 3.45. The maximum atomic E-state index is 9.27. The lowest BCUT2D eigenvalue weighted by molar-refractivity contribution is 0.811. The zero-order valence-corrected chi connectivity index (χ0v) is 10.4. The number of benzene rings is 1. The fourth-order valence-electron chi connectivity index (χ4n) is 2.39. The van der Waals surface area contributed by atoms with E-state index >= 15 is 0 Å². The molecule has 1 aromatic carbocycles.